The van der Waals surface area contributed by atoms with Gasteiger partial charge in [-0.2, -0.15) is 8.78 Å². The van der Waals surface area contributed by atoms with E-state index in [1.165, 1.54) is 6.08 Å². The highest BCUT2D eigenvalue weighted by Crippen LogP contribution is 2.40. The maximum Gasteiger partial charge on any atom is 0.372 e. The van der Waals surface area contributed by atoms with E-state index in [1.807, 2.05) is 6.92 Å². The van der Waals surface area contributed by atoms with Crippen molar-refractivity contribution >= 4 is 23.2 Å². The van der Waals surface area contributed by atoms with Gasteiger partial charge in [-0.15, -0.1) is 0 Å². The SMILES string of the molecule is CCCC/C=C\[C@@](F)(Cl)C(F)(F)Cl. The zero-order valence-corrected chi connectivity index (χ0v) is 8.68. The zero-order chi connectivity index (χ0) is 10.5. The first-order valence-electron chi connectivity index (χ1n) is 3.93. The Balaban J connectivity index is 4.09. The van der Waals surface area contributed by atoms with E-state index in [4.69, 9.17) is 11.6 Å². The van der Waals surface area contributed by atoms with Gasteiger partial charge in [-0.1, -0.05) is 37.4 Å². The molecule has 0 aliphatic rings. The van der Waals surface area contributed by atoms with Crippen LogP contribution in [0.4, 0.5) is 13.2 Å². The molecule has 0 radical (unpaired) electrons. The van der Waals surface area contributed by atoms with Crippen LogP contribution in [0.5, 0.6) is 0 Å². The van der Waals surface area contributed by atoms with Crippen LogP contribution in [0.3, 0.4) is 0 Å². The Bertz CT molecular complexity index is 173. The Morgan fingerprint density at radius 3 is 2.15 bits per heavy atom. The molecule has 0 N–H and O–H groups in total. The van der Waals surface area contributed by atoms with Crippen LogP contribution in [-0.2, 0) is 0 Å². The van der Waals surface area contributed by atoms with E-state index in [-0.39, 0.29) is 0 Å². The van der Waals surface area contributed by atoms with E-state index in [1.54, 1.807) is 0 Å². The summed E-state index contributed by atoms with van der Waals surface area (Å²) in [6, 6.07) is 0. The second-order valence-electron chi connectivity index (χ2n) is 2.67. The predicted molar refractivity (Wildman–Crippen MR) is 49.2 cm³/mol. The second-order valence-corrected chi connectivity index (χ2v) is 3.69. The van der Waals surface area contributed by atoms with Gasteiger partial charge in [0.25, 0.3) is 5.13 Å². The molecule has 0 aromatic heterocycles. The van der Waals surface area contributed by atoms with Gasteiger partial charge in [0.15, 0.2) is 0 Å². The van der Waals surface area contributed by atoms with Crippen LogP contribution in [0.15, 0.2) is 12.2 Å². The summed E-state index contributed by atoms with van der Waals surface area (Å²) in [5.74, 6) is 0. The van der Waals surface area contributed by atoms with E-state index < -0.39 is 10.5 Å². The molecule has 5 heteroatoms. The highest BCUT2D eigenvalue weighted by atomic mass is 35.5. The molecule has 78 valence electrons. The Morgan fingerprint density at radius 2 is 1.77 bits per heavy atom. The Morgan fingerprint density at radius 1 is 1.23 bits per heavy atom. The highest BCUT2D eigenvalue weighted by Gasteiger charge is 2.50. The molecule has 0 saturated heterocycles. The first-order valence-corrected chi connectivity index (χ1v) is 4.69. The number of hydrogen-bond donors (Lipinski definition) is 0. The van der Waals surface area contributed by atoms with Crippen molar-refractivity contribution in [2.24, 2.45) is 0 Å². The lowest BCUT2D eigenvalue weighted by Gasteiger charge is -2.18. The van der Waals surface area contributed by atoms with Gasteiger partial charge in [-0.05, 0) is 24.1 Å². The van der Waals surface area contributed by atoms with Gasteiger partial charge in [-0.3, -0.25) is 0 Å². The minimum absolute atomic E-state index is 0.516. The van der Waals surface area contributed by atoms with Crippen LogP contribution in [0, 0.1) is 0 Å². The summed E-state index contributed by atoms with van der Waals surface area (Å²) in [5, 5.41) is -7.36. The predicted octanol–water partition coefficient (Wildman–Crippen LogP) is 4.47. The average Bonchev–Trinajstić information content (AvgIpc) is 1.96. The van der Waals surface area contributed by atoms with E-state index in [2.05, 4.69) is 11.6 Å². The quantitative estimate of drug-likeness (QED) is 0.374. The Hall–Kier alpha value is 0.110. The fraction of sp³-hybridized carbons (Fsp3) is 0.750. The summed E-state index contributed by atoms with van der Waals surface area (Å²) in [4.78, 5) is 0. The molecule has 0 aromatic rings. The largest absolute Gasteiger partial charge is 0.372 e. The molecule has 0 heterocycles. The van der Waals surface area contributed by atoms with Crippen molar-refractivity contribution in [1.82, 2.24) is 0 Å². The molecule has 0 unspecified atom stereocenters. The van der Waals surface area contributed by atoms with Crippen molar-refractivity contribution in [3.8, 4) is 0 Å². The summed E-state index contributed by atoms with van der Waals surface area (Å²) in [7, 11) is 0. The molecular weight excluding hydrogens is 224 g/mol. The second kappa shape index (κ2) is 5.11. The molecule has 0 fully saturated rings. The third-order valence-corrected chi connectivity index (χ3v) is 2.16. The van der Waals surface area contributed by atoms with Gasteiger partial charge in [0.1, 0.15) is 0 Å². The van der Waals surface area contributed by atoms with E-state index in [9.17, 15) is 13.2 Å². The van der Waals surface area contributed by atoms with E-state index in [0.717, 1.165) is 12.8 Å². The maximum absolute atomic E-state index is 12.8. The zero-order valence-electron chi connectivity index (χ0n) is 7.17. The number of alkyl halides is 5. The maximum atomic E-state index is 12.8. The third kappa shape index (κ3) is 4.77. The number of rotatable bonds is 5. The lowest BCUT2D eigenvalue weighted by molar-refractivity contribution is 0.00616. The first-order chi connectivity index (χ1) is 5.81. The number of hydrogen-bond acceptors (Lipinski definition) is 0. The molecule has 0 aliphatic heterocycles. The number of unbranched alkanes of at least 4 members (excludes halogenated alkanes) is 2. The fourth-order valence-electron chi connectivity index (χ4n) is 0.648. The monoisotopic (exact) mass is 234 g/mol. The molecule has 0 amide bonds. The number of allylic oxidation sites excluding steroid dienone is 2. The molecule has 0 aromatic carbocycles. The Labute approximate surface area is 85.7 Å². The molecule has 0 rings (SSSR count). The van der Waals surface area contributed by atoms with Crippen LogP contribution in [0.1, 0.15) is 26.2 Å². The molecule has 0 spiro atoms. The fourth-order valence-corrected chi connectivity index (χ4v) is 0.800. The summed E-state index contributed by atoms with van der Waals surface area (Å²) >= 11 is 9.30. The van der Waals surface area contributed by atoms with Gasteiger partial charge >= 0.3 is 5.38 Å². The summed E-state index contributed by atoms with van der Waals surface area (Å²) in [6.45, 7) is 1.94. The van der Waals surface area contributed by atoms with Crippen molar-refractivity contribution in [3.63, 3.8) is 0 Å². The average molecular weight is 235 g/mol. The molecule has 13 heavy (non-hydrogen) atoms. The van der Waals surface area contributed by atoms with E-state index >= 15 is 0 Å². The Kier molecular flexibility index (Phi) is 5.15. The number of halogens is 5. The highest BCUT2D eigenvalue weighted by molar-refractivity contribution is 6.33. The van der Waals surface area contributed by atoms with Gasteiger partial charge < -0.3 is 0 Å². The lowest BCUT2D eigenvalue weighted by Crippen LogP contribution is -2.31. The molecule has 0 nitrogen and oxygen atoms in total. The van der Waals surface area contributed by atoms with Crippen LogP contribution in [0.2, 0.25) is 0 Å². The normalized spacial score (nSPS) is 17.7. The van der Waals surface area contributed by atoms with Gasteiger partial charge in [0, 0.05) is 0 Å². The van der Waals surface area contributed by atoms with Crippen molar-refractivity contribution in [1.29, 1.82) is 0 Å². The minimum Gasteiger partial charge on any atom is -0.213 e. The molecule has 1 atom stereocenters. The summed E-state index contributed by atoms with van der Waals surface area (Å²) < 4.78 is 37.3. The first kappa shape index (κ1) is 13.1. The smallest absolute Gasteiger partial charge is 0.213 e. The molecule has 0 saturated carbocycles. The molecule has 0 aliphatic carbocycles. The molecule has 0 bridgehead atoms. The van der Waals surface area contributed by atoms with Gasteiger partial charge in [0.2, 0.25) is 0 Å². The minimum atomic E-state index is -4.07. The van der Waals surface area contributed by atoms with Crippen LogP contribution < -0.4 is 0 Å². The van der Waals surface area contributed by atoms with Crippen LogP contribution in [0.25, 0.3) is 0 Å². The van der Waals surface area contributed by atoms with Crippen molar-refractivity contribution < 1.29 is 13.2 Å². The van der Waals surface area contributed by atoms with Crippen molar-refractivity contribution in [2.45, 2.75) is 36.7 Å². The van der Waals surface area contributed by atoms with Crippen molar-refractivity contribution in [2.75, 3.05) is 0 Å². The third-order valence-electron chi connectivity index (χ3n) is 1.43. The van der Waals surface area contributed by atoms with Crippen LogP contribution >= 0.6 is 23.2 Å². The van der Waals surface area contributed by atoms with Gasteiger partial charge in [-0.25, -0.2) is 4.39 Å². The van der Waals surface area contributed by atoms with E-state index in [0.29, 0.717) is 12.5 Å². The molecular formula is C8H11Cl2F3. The summed E-state index contributed by atoms with van der Waals surface area (Å²) in [5.41, 5.74) is 0. The van der Waals surface area contributed by atoms with Gasteiger partial charge in [0.05, 0.1) is 0 Å². The summed E-state index contributed by atoms with van der Waals surface area (Å²) in [6.07, 6.45) is 4.09. The van der Waals surface area contributed by atoms with Crippen molar-refractivity contribution in [3.05, 3.63) is 12.2 Å². The standard InChI is InChI=1S/C8H11Cl2F3/c1-2-3-4-5-6-7(9,11)8(10,12)13/h5-6H,2-4H2,1H3/b6-5-/t7-/m0/s1. The topological polar surface area (TPSA) is 0 Å². The lowest BCUT2D eigenvalue weighted by atomic mass is 10.2. The van der Waals surface area contributed by atoms with Crippen LogP contribution in [-0.4, -0.2) is 10.5 Å².